The van der Waals surface area contributed by atoms with Gasteiger partial charge in [0.25, 0.3) is 0 Å². The smallest absolute Gasteiger partial charge is 0.315 e. The lowest BCUT2D eigenvalue weighted by Gasteiger charge is -2.54. The number of hydrogen-bond donors (Lipinski definition) is 2. The number of carbonyl (C=O) groups excluding carboxylic acids is 1. The fourth-order valence-electron chi connectivity index (χ4n) is 5.37. The highest BCUT2D eigenvalue weighted by atomic mass is 16.5. The van der Waals surface area contributed by atoms with Crippen molar-refractivity contribution in [3.63, 3.8) is 0 Å². The second kappa shape index (κ2) is 7.14. The molecule has 2 amide bonds. The van der Waals surface area contributed by atoms with Crippen molar-refractivity contribution < 1.29 is 14.3 Å². The highest BCUT2D eigenvalue weighted by molar-refractivity contribution is 5.74. The summed E-state index contributed by atoms with van der Waals surface area (Å²) in [5.41, 5.74) is 0. The van der Waals surface area contributed by atoms with Crippen molar-refractivity contribution >= 4 is 6.03 Å². The van der Waals surface area contributed by atoms with Crippen LogP contribution >= 0.6 is 0 Å². The van der Waals surface area contributed by atoms with E-state index >= 15 is 0 Å². The Kier molecular flexibility index (Phi) is 4.73. The second-order valence-electron chi connectivity index (χ2n) is 7.88. The zero-order valence-electron chi connectivity index (χ0n) is 14.9. The Bertz CT molecular complexity index is 573. The molecule has 4 fully saturated rings. The first-order valence-electron chi connectivity index (χ1n) is 9.52. The molecule has 0 saturated heterocycles. The summed E-state index contributed by atoms with van der Waals surface area (Å²) in [6.07, 6.45) is 6.71. The lowest BCUT2D eigenvalue weighted by atomic mass is 9.54. The van der Waals surface area contributed by atoms with Crippen molar-refractivity contribution in [1.29, 1.82) is 0 Å². The van der Waals surface area contributed by atoms with Gasteiger partial charge in [0.05, 0.1) is 13.7 Å². The van der Waals surface area contributed by atoms with E-state index in [1.807, 2.05) is 24.3 Å². The summed E-state index contributed by atoms with van der Waals surface area (Å²) in [4.78, 5) is 12.2. The van der Waals surface area contributed by atoms with Crippen LogP contribution in [0.4, 0.5) is 4.79 Å². The van der Waals surface area contributed by atoms with E-state index in [0.29, 0.717) is 31.0 Å². The number of benzene rings is 1. The van der Waals surface area contributed by atoms with Crippen molar-refractivity contribution in [2.45, 2.75) is 38.1 Å². The molecule has 5 nitrogen and oxygen atoms in total. The molecule has 0 radical (unpaired) electrons. The molecular weight excluding hydrogens is 316 g/mol. The molecule has 1 aromatic carbocycles. The number of rotatable bonds is 6. The number of urea groups is 1. The fourth-order valence-corrected chi connectivity index (χ4v) is 5.37. The zero-order chi connectivity index (χ0) is 17.2. The molecule has 25 heavy (non-hydrogen) atoms. The van der Waals surface area contributed by atoms with Gasteiger partial charge in [-0.05, 0) is 80.0 Å². The van der Waals surface area contributed by atoms with Crippen molar-refractivity contribution in [3.8, 4) is 11.5 Å². The Morgan fingerprint density at radius 3 is 2.20 bits per heavy atom. The summed E-state index contributed by atoms with van der Waals surface area (Å²) in [5, 5.41) is 6.19. The van der Waals surface area contributed by atoms with Gasteiger partial charge in [-0.3, -0.25) is 0 Å². The highest BCUT2D eigenvalue weighted by Crippen LogP contribution is 2.53. The van der Waals surface area contributed by atoms with Gasteiger partial charge in [-0.25, -0.2) is 4.79 Å². The minimum absolute atomic E-state index is 0.0456. The van der Waals surface area contributed by atoms with Crippen LogP contribution in [0, 0.1) is 23.7 Å². The molecule has 4 bridgehead atoms. The van der Waals surface area contributed by atoms with Crippen molar-refractivity contribution in [2.75, 3.05) is 20.3 Å². The minimum atomic E-state index is -0.0456. The number of carbonyl (C=O) groups is 1. The molecule has 0 spiro atoms. The maximum Gasteiger partial charge on any atom is 0.315 e. The Labute approximate surface area is 149 Å². The van der Waals surface area contributed by atoms with E-state index in [1.165, 1.54) is 32.1 Å². The van der Waals surface area contributed by atoms with Gasteiger partial charge >= 0.3 is 6.03 Å². The first-order chi connectivity index (χ1) is 12.2. The largest absolute Gasteiger partial charge is 0.497 e. The third-order valence-electron chi connectivity index (χ3n) is 6.24. The van der Waals surface area contributed by atoms with Crippen LogP contribution in [0.2, 0.25) is 0 Å². The third kappa shape index (κ3) is 3.70. The third-order valence-corrected chi connectivity index (χ3v) is 6.24. The second-order valence-corrected chi connectivity index (χ2v) is 7.88. The van der Waals surface area contributed by atoms with Crippen LogP contribution in [0.25, 0.3) is 0 Å². The van der Waals surface area contributed by atoms with Gasteiger partial charge in [0.2, 0.25) is 0 Å². The lowest BCUT2D eigenvalue weighted by molar-refractivity contribution is -0.00942. The van der Waals surface area contributed by atoms with E-state index in [0.717, 1.165) is 23.3 Å². The summed E-state index contributed by atoms with van der Waals surface area (Å²) in [6, 6.07) is 7.80. The average Bonchev–Trinajstić information content (AvgIpc) is 2.62. The van der Waals surface area contributed by atoms with Gasteiger partial charge in [0.1, 0.15) is 18.1 Å². The molecule has 2 N–H and O–H groups in total. The van der Waals surface area contributed by atoms with E-state index in [4.69, 9.17) is 9.47 Å². The van der Waals surface area contributed by atoms with Crippen LogP contribution < -0.4 is 20.1 Å². The Morgan fingerprint density at radius 1 is 1.00 bits per heavy atom. The summed E-state index contributed by atoms with van der Waals surface area (Å²) in [6.45, 7) is 0.965. The molecule has 0 unspecified atom stereocenters. The molecule has 0 aliphatic heterocycles. The van der Waals surface area contributed by atoms with Crippen LogP contribution in [-0.2, 0) is 0 Å². The topological polar surface area (TPSA) is 59.6 Å². The molecule has 5 heteroatoms. The molecule has 0 atom stereocenters. The molecule has 5 rings (SSSR count). The fraction of sp³-hybridized carbons (Fsp3) is 0.650. The Balaban J connectivity index is 1.18. The summed E-state index contributed by atoms with van der Waals surface area (Å²) >= 11 is 0. The van der Waals surface area contributed by atoms with E-state index in [1.54, 1.807) is 7.11 Å². The molecule has 136 valence electrons. The highest BCUT2D eigenvalue weighted by Gasteiger charge is 2.48. The monoisotopic (exact) mass is 344 g/mol. The van der Waals surface area contributed by atoms with Gasteiger partial charge in [0.15, 0.2) is 0 Å². The van der Waals surface area contributed by atoms with Crippen LogP contribution in [0.5, 0.6) is 11.5 Å². The first kappa shape index (κ1) is 16.6. The number of ether oxygens (including phenoxy) is 2. The zero-order valence-corrected chi connectivity index (χ0v) is 14.9. The van der Waals surface area contributed by atoms with Crippen molar-refractivity contribution in [1.82, 2.24) is 10.6 Å². The van der Waals surface area contributed by atoms with Gasteiger partial charge in [0, 0.05) is 6.04 Å². The van der Waals surface area contributed by atoms with Gasteiger partial charge in [-0.1, -0.05) is 0 Å². The van der Waals surface area contributed by atoms with Gasteiger partial charge < -0.3 is 20.1 Å². The normalized spacial score (nSPS) is 32.3. The van der Waals surface area contributed by atoms with Crippen molar-refractivity contribution in [2.24, 2.45) is 23.7 Å². The number of methoxy groups -OCH3 is 1. The maximum absolute atomic E-state index is 12.2. The Morgan fingerprint density at radius 2 is 1.60 bits per heavy atom. The molecule has 4 aliphatic rings. The number of nitrogens with one attached hydrogen (secondary N) is 2. The summed E-state index contributed by atoms with van der Waals surface area (Å²) in [7, 11) is 1.64. The number of amides is 2. The summed E-state index contributed by atoms with van der Waals surface area (Å²) in [5.74, 6) is 4.86. The molecular formula is C20H28N2O3. The molecule has 1 aromatic rings. The average molecular weight is 344 g/mol. The van der Waals surface area contributed by atoms with Crippen LogP contribution in [-0.4, -0.2) is 32.3 Å². The lowest BCUT2D eigenvalue weighted by Crippen LogP contribution is -2.57. The van der Waals surface area contributed by atoms with E-state index < -0.39 is 0 Å². The SMILES string of the molecule is COc1ccc(OCCNC(=O)NC2C3CC4CC(C3)CC2C4)cc1. The minimum Gasteiger partial charge on any atom is -0.497 e. The maximum atomic E-state index is 12.2. The predicted octanol–water partition coefficient (Wildman–Crippen LogP) is 3.20. The van der Waals surface area contributed by atoms with Crippen LogP contribution in [0.15, 0.2) is 24.3 Å². The van der Waals surface area contributed by atoms with E-state index in [9.17, 15) is 4.79 Å². The molecule has 0 heterocycles. The van der Waals surface area contributed by atoms with Gasteiger partial charge in [-0.2, -0.15) is 0 Å². The standard InChI is InChI=1S/C20H28N2O3/c1-24-17-2-4-18(5-3-17)25-7-6-21-20(23)22-19-15-9-13-8-14(11-15)12-16(19)10-13/h2-5,13-16,19H,6-12H2,1H3,(H2,21,22,23). The summed E-state index contributed by atoms with van der Waals surface area (Å²) < 4.78 is 10.8. The number of hydrogen-bond acceptors (Lipinski definition) is 3. The van der Waals surface area contributed by atoms with Crippen LogP contribution in [0.3, 0.4) is 0 Å². The van der Waals surface area contributed by atoms with E-state index in [2.05, 4.69) is 10.6 Å². The first-order valence-corrected chi connectivity index (χ1v) is 9.52. The molecule has 4 aliphatic carbocycles. The molecule has 0 aromatic heterocycles. The molecule has 4 saturated carbocycles. The predicted molar refractivity (Wildman–Crippen MR) is 95.9 cm³/mol. The van der Waals surface area contributed by atoms with E-state index in [-0.39, 0.29) is 6.03 Å². The van der Waals surface area contributed by atoms with Crippen LogP contribution in [0.1, 0.15) is 32.1 Å². The van der Waals surface area contributed by atoms with Gasteiger partial charge in [-0.15, -0.1) is 0 Å². The Hall–Kier alpha value is -1.91. The van der Waals surface area contributed by atoms with Crippen molar-refractivity contribution in [3.05, 3.63) is 24.3 Å². The quantitative estimate of drug-likeness (QED) is 0.779.